The van der Waals surface area contributed by atoms with Crippen LogP contribution in [0.3, 0.4) is 0 Å². The Bertz CT molecular complexity index is 1220. The van der Waals surface area contributed by atoms with Gasteiger partial charge in [0, 0.05) is 22.1 Å². The van der Waals surface area contributed by atoms with Gasteiger partial charge in [-0.25, -0.2) is 0 Å². The molecule has 3 rings (SSSR count). The normalized spacial score (nSPS) is 11.3. The third-order valence-corrected chi connectivity index (χ3v) is 5.80. The molecular weight excluding hydrogens is 441 g/mol. The molecule has 1 N–H and O–H groups in total. The lowest BCUT2D eigenvalue weighted by Gasteiger charge is -2.13. The predicted molar refractivity (Wildman–Crippen MR) is 124 cm³/mol. The van der Waals surface area contributed by atoms with Crippen LogP contribution in [0.15, 0.2) is 48.0 Å². The maximum Gasteiger partial charge on any atom is 0.266 e. The Morgan fingerprint density at radius 3 is 2.53 bits per heavy atom. The molecule has 0 aliphatic rings. The molecule has 0 aliphatic carbocycles. The summed E-state index contributed by atoms with van der Waals surface area (Å²) in [4.78, 5) is 12.7. The van der Waals surface area contributed by atoms with Crippen molar-refractivity contribution in [1.82, 2.24) is 4.57 Å². The van der Waals surface area contributed by atoms with E-state index < -0.39 is 5.91 Å². The van der Waals surface area contributed by atoms with Crippen LogP contribution in [0.25, 0.3) is 11.8 Å². The molecule has 0 saturated heterocycles. The number of anilines is 1. The van der Waals surface area contributed by atoms with Gasteiger partial charge < -0.3 is 9.88 Å². The van der Waals surface area contributed by atoms with Gasteiger partial charge in [-0.3, -0.25) is 4.79 Å². The van der Waals surface area contributed by atoms with Crippen molar-refractivity contribution in [2.45, 2.75) is 20.8 Å². The van der Waals surface area contributed by atoms with Gasteiger partial charge in [0.15, 0.2) is 0 Å². The van der Waals surface area contributed by atoms with Gasteiger partial charge in [0.05, 0.1) is 15.7 Å². The molecule has 0 bridgehead atoms. The van der Waals surface area contributed by atoms with Gasteiger partial charge in [0.2, 0.25) is 0 Å². The lowest BCUT2D eigenvalue weighted by Crippen LogP contribution is -2.13. The van der Waals surface area contributed by atoms with Crippen molar-refractivity contribution in [2.24, 2.45) is 0 Å². The molecule has 0 spiro atoms. The van der Waals surface area contributed by atoms with E-state index >= 15 is 0 Å². The first-order chi connectivity index (χ1) is 14.2. The van der Waals surface area contributed by atoms with Gasteiger partial charge in [-0.1, -0.05) is 46.9 Å². The van der Waals surface area contributed by atoms with Crippen LogP contribution in [-0.4, -0.2) is 10.5 Å². The van der Waals surface area contributed by atoms with Crippen molar-refractivity contribution >= 4 is 52.5 Å². The minimum absolute atomic E-state index is 0.0471. The zero-order chi connectivity index (χ0) is 22.0. The summed E-state index contributed by atoms with van der Waals surface area (Å²) in [7, 11) is 0. The molecule has 3 aromatic rings. The fourth-order valence-corrected chi connectivity index (χ4v) is 3.74. The number of nitrogens with zero attached hydrogens (tertiary/aromatic N) is 2. The molecule has 0 unspecified atom stereocenters. The summed E-state index contributed by atoms with van der Waals surface area (Å²) in [6.07, 6.45) is 1.56. The van der Waals surface area contributed by atoms with Crippen molar-refractivity contribution in [3.05, 3.63) is 85.6 Å². The average molecular weight is 459 g/mol. The number of hydrogen-bond donors (Lipinski definition) is 1. The topological polar surface area (TPSA) is 57.8 Å². The zero-order valence-corrected chi connectivity index (χ0v) is 18.8. The molecule has 0 saturated carbocycles. The molecule has 0 fully saturated rings. The van der Waals surface area contributed by atoms with E-state index in [0.29, 0.717) is 15.7 Å². The maximum absolute atomic E-state index is 12.7. The van der Waals surface area contributed by atoms with Crippen LogP contribution < -0.4 is 5.32 Å². The van der Waals surface area contributed by atoms with Crippen molar-refractivity contribution in [3.63, 3.8) is 0 Å². The highest BCUT2D eigenvalue weighted by atomic mass is 35.5. The summed E-state index contributed by atoms with van der Waals surface area (Å²) in [6, 6.07) is 14.5. The number of rotatable bonds is 4. The van der Waals surface area contributed by atoms with E-state index in [1.54, 1.807) is 24.3 Å². The monoisotopic (exact) mass is 457 g/mol. The largest absolute Gasteiger partial charge is 0.320 e. The van der Waals surface area contributed by atoms with Crippen molar-refractivity contribution in [2.75, 3.05) is 5.32 Å². The molecule has 0 radical (unpaired) electrons. The lowest BCUT2D eigenvalue weighted by atomic mass is 10.1. The summed E-state index contributed by atoms with van der Waals surface area (Å²) in [5.41, 5.74) is 4.91. The second-order valence-electron chi connectivity index (χ2n) is 6.82. The number of benzene rings is 2. The lowest BCUT2D eigenvalue weighted by molar-refractivity contribution is -0.112. The number of aryl methyl sites for hydroxylation is 2. The fraction of sp³-hybridized carbons (Fsp3) is 0.130. The van der Waals surface area contributed by atoms with Gasteiger partial charge in [0.1, 0.15) is 11.6 Å². The number of nitrogens with one attached hydrogen (secondary N) is 1. The van der Waals surface area contributed by atoms with Crippen LogP contribution in [0.1, 0.15) is 22.5 Å². The highest BCUT2D eigenvalue weighted by molar-refractivity contribution is 6.44. The SMILES string of the molecule is Cc1ccc(Cl)cc1-n1c(C)cc(/C=C(/C#N)C(=O)Nc2cccc(Cl)c2Cl)c1C. The van der Waals surface area contributed by atoms with Crippen LogP contribution >= 0.6 is 34.8 Å². The molecule has 1 heterocycles. The first kappa shape index (κ1) is 22.0. The van der Waals surface area contributed by atoms with E-state index in [1.807, 2.05) is 55.7 Å². The van der Waals surface area contributed by atoms with Crippen LogP contribution in [-0.2, 0) is 4.79 Å². The van der Waals surface area contributed by atoms with E-state index in [4.69, 9.17) is 34.8 Å². The van der Waals surface area contributed by atoms with E-state index in [1.165, 1.54) is 0 Å². The number of aromatic nitrogens is 1. The number of halogens is 3. The van der Waals surface area contributed by atoms with Crippen LogP contribution in [0.4, 0.5) is 5.69 Å². The first-order valence-corrected chi connectivity index (χ1v) is 10.2. The molecule has 7 heteroatoms. The fourth-order valence-electron chi connectivity index (χ4n) is 3.22. The molecular formula is C23H18Cl3N3O. The first-order valence-electron chi connectivity index (χ1n) is 9.05. The van der Waals surface area contributed by atoms with E-state index in [-0.39, 0.29) is 10.6 Å². The minimum atomic E-state index is -0.564. The molecule has 1 amide bonds. The molecule has 30 heavy (non-hydrogen) atoms. The molecule has 0 aliphatic heterocycles. The zero-order valence-electron chi connectivity index (χ0n) is 16.6. The highest BCUT2D eigenvalue weighted by Gasteiger charge is 2.16. The molecule has 152 valence electrons. The summed E-state index contributed by atoms with van der Waals surface area (Å²) >= 11 is 18.3. The third kappa shape index (κ3) is 4.39. The number of hydrogen-bond acceptors (Lipinski definition) is 2. The Morgan fingerprint density at radius 2 is 1.83 bits per heavy atom. The second-order valence-corrected chi connectivity index (χ2v) is 8.04. The quantitative estimate of drug-likeness (QED) is 0.341. The predicted octanol–water partition coefficient (Wildman–Crippen LogP) is 6.91. The summed E-state index contributed by atoms with van der Waals surface area (Å²) in [6.45, 7) is 5.89. The Morgan fingerprint density at radius 1 is 1.10 bits per heavy atom. The van der Waals surface area contributed by atoms with Crippen molar-refractivity contribution in [3.8, 4) is 11.8 Å². The summed E-state index contributed by atoms with van der Waals surface area (Å²) < 4.78 is 2.05. The van der Waals surface area contributed by atoms with Gasteiger partial charge in [0.25, 0.3) is 5.91 Å². The third-order valence-electron chi connectivity index (χ3n) is 4.75. The van der Waals surface area contributed by atoms with Crippen molar-refractivity contribution in [1.29, 1.82) is 5.26 Å². The van der Waals surface area contributed by atoms with E-state index in [0.717, 1.165) is 28.2 Å². The molecule has 2 aromatic carbocycles. The summed E-state index contributed by atoms with van der Waals surface area (Å²) in [5.74, 6) is -0.564. The van der Waals surface area contributed by atoms with Crippen LogP contribution in [0, 0.1) is 32.1 Å². The second kappa shape index (κ2) is 8.97. The average Bonchev–Trinajstić information content (AvgIpc) is 2.98. The maximum atomic E-state index is 12.7. The molecule has 0 atom stereocenters. The van der Waals surface area contributed by atoms with Gasteiger partial charge in [-0.2, -0.15) is 5.26 Å². The Balaban J connectivity index is 1.99. The Kier molecular flexibility index (Phi) is 6.58. The number of carbonyl (C=O) groups is 1. The smallest absolute Gasteiger partial charge is 0.266 e. The van der Waals surface area contributed by atoms with Crippen LogP contribution in [0.5, 0.6) is 0 Å². The number of carbonyl (C=O) groups excluding carboxylic acids is 1. The minimum Gasteiger partial charge on any atom is -0.320 e. The van der Waals surface area contributed by atoms with Crippen molar-refractivity contribution < 1.29 is 4.79 Å². The standard InChI is InChI=1S/C23H18Cl3N3O/c1-13-7-8-18(24)11-21(13)29-14(2)9-16(15(29)3)10-17(12-27)23(30)28-20-6-4-5-19(25)22(20)26/h4-11H,1-3H3,(H,28,30)/b17-10-. The molecule has 4 nitrogen and oxygen atoms in total. The van der Waals surface area contributed by atoms with Crippen LogP contribution in [0.2, 0.25) is 15.1 Å². The van der Waals surface area contributed by atoms with Gasteiger partial charge in [-0.05, 0) is 68.3 Å². The van der Waals surface area contributed by atoms with Gasteiger partial charge >= 0.3 is 0 Å². The number of amides is 1. The van der Waals surface area contributed by atoms with E-state index in [2.05, 4.69) is 5.32 Å². The van der Waals surface area contributed by atoms with E-state index in [9.17, 15) is 10.1 Å². The summed E-state index contributed by atoms with van der Waals surface area (Å²) in [5, 5.41) is 13.4. The molecule has 1 aromatic heterocycles. The highest BCUT2D eigenvalue weighted by Crippen LogP contribution is 2.30. The van der Waals surface area contributed by atoms with Gasteiger partial charge in [-0.15, -0.1) is 0 Å². The Labute approximate surface area is 190 Å². The number of nitriles is 1. The Hall–Kier alpha value is -2.71.